The Morgan fingerprint density at radius 3 is 2.40 bits per heavy atom. The molecule has 2 fully saturated rings. The smallest absolute Gasteiger partial charge is 0.366 e. The van der Waals surface area contributed by atoms with Crippen molar-refractivity contribution in [3.8, 4) is 0 Å². The van der Waals surface area contributed by atoms with Crippen LogP contribution in [-0.4, -0.2) is 54.6 Å². The van der Waals surface area contributed by atoms with Crippen molar-refractivity contribution < 1.29 is 22.7 Å². The van der Waals surface area contributed by atoms with Gasteiger partial charge in [0.15, 0.2) is 0 Å². The van der Waals surface area contributed by atoms with Gasteiger partial charge in [0.25, 0.3) is 5.91 Å². The Labute approximate surface area is 145 Å². The molecule has 0 spiro atoms. The molecule has 0 saturated carbocycles. The van der Waals surface area contributed by atoms with Gasteiger partial charge in [0.05, 0.1) is 12.2 Å². The van der Waals surface area contributed by atoms with E-state index in [1.54, 1.807) is 0 Å². The number of halogens is 3. The Bertz CT molecular complexity index is 583. The Hall–Kier alpha value is -1.60. The minimum Gasteiger partial charge on any atom is -0.366 e. The van der Waals surface area contributed by atoms with Crippen molar-refractivity contribution in [2.24, 2.45) is 0 Å². The van der Waals surface area contributed by atoms with Crippen molar-refractivity contribution in [1.82, 2.24) is 9.80 Å². The van der Waals surface area contributed by atoms with Crippen LogP contribution in [0.2, 0.25) is 0 Å². The SMILES string of the molecule is O=C(C1CN(Cc2ccc(C(F)(F)F)cc2)CCO1)N1CCCCC1. The van der Waals surface area contributed by atoms with Gasteiger partial charge in [0.2, 0.25) is 0 Å². The fraction of sp³-hybridized carbons (Fsp3) is 0.611. The summed E-state index contributed by atoms with van der Waals surface area (Å²) in [5, 5.41) is 0. The lowest BCUT2D eigenvalue weighted by atomic mass is 10.1. The molecule has 2 aliphatic rings. The number of rotatable bonds is 3. The first-order valence-electron chi connectivity index (χ1n) is 8.72. The highest BCUT2D eigenvalue weighted by molar-refractivity contribution is 5.81. The number of hydrogen-bond donors (Lipinski definition) is 0. The molecule has 7 heteroatoms. The number of morpholine rings is 1. The van der Waals surface area contributed by atoms with Gasteiger partial charge >= 0.3 is 6.18 Å². The van der Waals surface area contributed by atoms with Crippen molar-refractivity contribution >= 4 is 5.91 Å². The van der Waals surface area contributed by atoms with E-state index >= 15 is 0 Å². The second-order valence-electron chi connectivity index (χ2n) is 6.68. The molecule has 2 saturated heterocycles. The van der Waals surface area contributed by atoms with Crippen LogP contribution >= 0.6 is 0 Å². The van der Waals surface area contributed by atoms with E-state index in [9.17, 15) is 18.0 Å². The van der Waals surface area contributed by atoms with Crippen molar-refractivity contribution in [1.29, 1.82) is 0 Å². The van der Waals surface area contributed by atoms with E-state index in [4.69, 9.17) is 4.74 Å². The molecule has 0 N–H and O–H groups in total. The number of likely N-dealkylation sites (tertiary alicyclic amines) is 1. The van der Waals surface area contributed by atoms with Gasteiger partial charge in [-0.15, -0.1) is 0 Å². The second kappa shape index (κ2) is 7.74. The van der Waals surface area contributed by atoms with Gasteiger partial charge < -0.3 is 9.64 Å². The van der Waals surface area contributed by atoms with Crippen LogP contribution < -0.4 is 0 Å². The summed E-state index contributed by atoms with van der Waals surface area (Å²) in [7, 11) is 0. The van der Waals surface area contributed by atoms with Gasteiger partial charge in [-0.25, -0.2) is 0 Å². The summed E-state index contributed by atoms with van der Waals surface area (Å²) in [6.07, 6.45) is -1.55. The highest BCUT2D eigenvalue weighted by atomic mass is 19.4. The molecule has 1 atom stereocenters. The minimum absolute atomic E-state index is 0.0387. The number of hydrogen-bond acceptors (Lipinski definition) is 3. The van der Waals surface area contributed by atoms with Crippen LogP contribution in [0.5, 0.6) is 0 Å². The third kappa shape index (κ3) is 4.73. The second-order valence-corrected chi connectivity index (χ2v) is 6.68. The highest BCUT2D eigenvalue weighted by Crippen LogP contribution is 2.29. The van der Waals surface area contributed by atoms with Crippen LogP contribution in [0.25, 0.3) is 0 Å². The number of benzene rings is 1. The quantitative estimate of drug-likeness (QED) is 0.835. The molecule has 0 aromatic heterocycles. The van der Waals surface area contributed by atoms with Crippen molar-refractivity contribution in [3.63, 3.8) is 0 Å². The molecular formula is C18H23F3N2O2. The van der Waals surface area contributed by atoms with Crippen LogP contribution in [0, 0.1) is 0 Å². The van der Waals surface area contributed by atoms with E-state index in [0.717, 1.165) is 50.0 Å². The van der Waals surface area contributed by atoms with E-state index < -0.39 is 17.8 Å². The van der Waals surface area contributed by atoms with Gasteiger partial charge in [-0.3, -0.25) is 9.69 Å². The fourth-order valence-electron chi connectivity index (χ4n) is 3.37. The zero-order chi connectivity index (χ0) is 17.9. The van der Waals surface area contributed by atoms with Crippen LogP contribution in [0.4, 0.5) is 13.2 Å². The molecule has 4 nitrogen and oxygen atoms in total. The number of nitrogens with zero attached hydrogens (tertiary/aromatic N) is 2. The van der Waals surface area contributed by atoms with Crippen molar-refractivity contribution in [2.75, 3.05) is 32.8 Å². The summed E-state index contributed by atoms with van der Waals surface area (Å²) >= 11 is 0. The largest absolute Gasteiger partial charge is 0.416 e. The molecule has 1 aromatic carbocycles. The number of carbonyl (C=O) groups excluding carboxylic acids is 1. The maximum absolute atomic E-state index is 12.6. The Morgan fingerprint density at radius 1 is 1.08 bits per heavy atom. The minimum atomic E-state index is -4.32. The fourth-order valence-corrected chi connectivity index (χ4v) is 3.37. The first kappa shape index (κ1) is 18.2. The van der Waals surface area contributed by atoms with Gasteiger partial charge in [-0.1, -0.05) is 12.1 Å². The van der Waals surface area contributed by atoms with Gasteiger partial charge in [-0.2, -0.15) is 13.2 Å². The third-order valence-corrected chi connectivity index (χ3v) is 4.78. The molecule has 0 aliphatic carbocycles. The summed E-state index contributed by atoms with van der Waals surface area (Å²) < 4.78 is 43.5. The monoisotopic (exact) mass is 356 g/mol. The van der Waals surface area contributed by atoms with Crippen molar-refractivity contribution in [3.05, 3.63) is 35.4 Å². The topological polar surface area (TPSA) is 32.8 Å². The number of piperidine rings is 1. The predicted molar refractivity (Wildman–Crippen MR) is 86.9 cm³/mol. The lowest BCUT2D eigenvalue weighted by molar-refractivity contribution is -0.150. The van der Waals surface area contributed by atoms with Gasteiger partial charge in [0.1, 0.15) is 6.10 Å². The Kier molecular flexibility index (Phi) is 5.64. The van der Waals surface area contributed by atoms with Crippen LogP contribution in [-0.2, 0) is 22.3 Å². The third-order valence-electron chi connectivity index (χ3n) is 4.78. The molecule has 2 heterocycles. The predicted octanol–water partition coefficient (Wildman–Crippen LogP) is 2.92. The van der Waals surface area contributed by atoms with E-state index in [2.05, 4.69) is 4.90 Å². The summed E-state index contributed by atoms with van der Waals surface area (Å²) in [5.74, 6) is 0.0387. The molecule has 0 radical (unpaired) electrons. The van der Waals surface area contributed by atoms with E-state index in [0.29, 0.717) is 26.2 Å². The Balaban J connectivity index is 1.57. The number of carbonyl (C=O) groups is 1. The molecule has 1 unspecified atom stereocenters. The molecule has 2 aliphatic heterocycles. The van der Waals surface area contributed by atoms with Gasteiger partial charge in [-0.05, 0) is 37.0 Å². The standard InChI is InChI=1S/C18H23F3N2O2/c19-18(20,21)15-6-4-14(5-7-15)12-22-10-11-25-16(13-22)17(24)23-8-2-1-3-9-23/h4-7,16H,1-3,8-13H2. The van der Waals surface area contributed by atoms with E-state index in [-0.39, 0.29) is 5.91 Å². The lowest BCUT2D eigenvalue weighted by Crippen LogP contribution is -2.51. The zero-order valence-corrected chi connectivity index (χ0v) is 14.1. The summed E-state index contributed by atoms with van der Waals surface area (Å²) in [4.78, 5) is 16.5. The van der Waals surface area contributed by atoms with E-state index in [1.807, 2.05) is 4.90 Å². The molecular weight excluding hydrogens is 333 g/mol. The zero-order valence-electron chi connectivity index (χ0n) is 14.1. The first-order chi connectivity index (χ1) is 11.9. The normalized spacial score (nSPS) is 22.8. The molecule has 1 amide bonds. The average Bonchev–Trinajstić information content (AvgIpc) is 2.62. The maximum Gasteiger partial charge on any atom is 0.416 e. The number of ether oxygens (including phenoxy) is 1. The van der Waals surface area contributed by atoms with Crippen molar-refractivity contribution in [2.45, 2.75) is 38.1 Å². The molecule has 138 valence electrons. The van der Waals surface area contributed by atoms with Crippen LogP contribution in [0.15, 0.2) is 24.3 Å². The van der Waals surface area contributed by atoms with Crippen LogP contribution in [0.3, 0.4) is 0 Å². The maximum atomic E-state index is 12.6. The molecule has 3 rings (SSSR count). The summed E-state index contributed by atoms with van der Waals surface area (Å²) in [6.45, 7) is 3.71. The molecule has 25 heavy (non-hydrogen) atoms. The lowest BCUT2D eigenvalue weighted by Gasteiger charge is -2.36. The van der Waals surface area contributed by atoms with Crippen LogP contribution in [0.1, 0.15) is 30.4 Å². The van der Waals surface area contributed by atoms with Gasteiger partial charge in [0, 0.05) is 32.7 Å². The summed E-state index contributed by atoms with van der Waals surface area (Å²) in [6, 6.07) is 5.21. The average molecular weight is 356 g/mol. The first-order valence-corrected chi connectivity index (χ1v) is 8.72. The Morgan fingerprint density at radius 2 is 1.76 bits per heavy atom. The molecule has 1 aromatic rings. The summed E-state index contributed by atoms with van der Waals surface area (Å²) in [5.41, 5.74) is 0.162. The number of alkyl halides is 3. The van der Waals surface area contributed by atoms with E-state index in [1.165, 1.54) is 12.1 Å². The molecule has 0 bridgehead atoms. The highest BCUT2D eigenvalue weighted by Gasteiger charge is 2.32. The number of amides is 1.